The van der Waals surface area contributed by atoms with Crippen LogP contribution in [-0.4, -0.2) is 19.7 Å². The van der Waals surface area contributed by atoms with E-state index in [-0.39, 0.29) is 11.6 Å². The monoisotopic (exact) mass is 549 g/mol. The van der Waals surface area contributed by atoms with E-state index in [9.17, 15) is 14.9 Å². The fourth-order valence-corrected chi connectivity index (χ4v) is 5.56. The summed E-state index contributed by atoms with van der Waals surface area (Å²) >= 11 is 10.2. The number of hydrogen-bond acceptors (Lipinski definition) is 5. The van der Waals surface area contributed by atoms with Crippen LogP contribution in [0.15, 0.2) is 88.4 Å². The van der Waals surface area contributed by atoms with Crippen molar-refractivity contribution in [3.8, 4) is 0 Å². The third-order valence-electron chi connectivity index (χ3n) is 5.47. The maximum atomic E-state index is 13.2. The molecular weight excluding hydrogens is 534 g/mol. The molecule has 6 nitrogen and oxygen atoms in total. The summed E-state index contributed by atoms with van der Waals surface area (Å²) in [6, 6.07) is 22.0. The molecule has 1 fully saturated rings. The van der Waals surface area contributed by atoms with Crippen LogP contribution in [-0.2, 0) is 11.3 Å². The van der Waals surface area contributed by atoms with Crippen molar-refractivity contribution in [2.24, 2.45) is 0 Å². The molecule has 1 amide bonds. The smallest absolute Gasteiger partial charge is 0.270 e. The minimum Gasteiger partial charge on any atom is -0.342 e. The topological polar surface area (TPSA) is 68.4 Å². The summed E-state index contributed by atoms with van der Waals surface area (Å²) in [5, 5.41) is 12.0. The van der Waals surface area contributed by atoms with E-state index >= 15 is 0 Å². The number of hydrogen-bond donors (Lipinski definition) is 0. The zero-order valence-electron chi connectivity index (χ0n) is 17.6. The number of aromatic nitrogens is 1. The van der Waals surface area contributed by atoms with Crippen LogP contribution in [0.25, 0.3) is 17.0 Å². The Morgan fingerprint density at radius 1 is 1.06 bits per heavy atom. The summed E-state index contributed by atoms with van der Waals surface area (Å²) in [6.07, 6.45) is 3.88. The predicted octanol–water partition coefficient (Wildman–Crippen LogP) is 6.77. The van der Waals surface area contributed by atoms with Crippen molar-refractivity contribution in [3.63, 3.8) is 0 Å². The van der Waals surface area contributed by atoms with Crippen molar-refractivity contribution in [1.82, 2.24) is 4.57 Å². The van der Waals surface area contributed by atoms with Crippen molar-refractivity contribution < 1.29 is 9.72 Å². The number of halogens is 1. The maximum Gasteiger partial charge on any atom is 0.270 e. The molecule has 3 aromatic carbocycles. The van der Waals surface area contributed by atoms with Crippen molar-refractivity contribution >= 4 is 78.5 Å². The van der Waals surface area contributed by atoms with Gasteiger partial charge in [0.05, 0.1) is 15.5 Å². The molecule has 5 rings (SSSR count). The molecule has 1 aliphatic heterocycles. The van der Waals surface area contributed by atoms with Gasteiger partial charge in [0.1, 0.15) is 0 Å². The molecule has 4 aromatic rings. The number of thiocarbonyl (C=S) groups is 1. The van der Waals surface area contributed by atoms with Crippen LogP contribution in [0.5, 0.6) is 0 Å². The van der Waals surface area contributed by atoms with E-state index in [1.807, 2.05) is 60.8 Å². The minimum atomic E-state index is -0.405. The fourth-order valence-electron chi connectivity index (χ4n) is 3.89. The number of benzene rings is 3. The fraction of sp³-hybridized carbons (Fsp3) is 0.0400. The molecule has 0 atom stereocenters. The van der Waals surface area contributed by atoms with Crippen molar-refractivity contribution in [2.45, 2.75) is 6.54 Å². The number of carbonyl (C=O) groups excluding carboxylic acids is 1. The number of thioether (sulfide) groups is 1. The Bertz CT molecular complexity index is 1500. The highest BCUT2D eigenvalue weighted by Crippen LogP contribution is 2.38. The van der Waals surface area contributed by atoms with E-state index in [1.165, 1.54) is 23.9 Å². The number of carbonyl (C=O) groups is 1. The van der Waals surface area contributed by atoms with E-state index in [2.05, 4.69) is 20.5 Å². The molecule has 1 aliphatic rings. The number of rotatable bonds is 5. The highest BCUT2D eigenvalue weighted by molar-refractivity contribution is 9.10. The Hall–Kier alpha value is -3.27. The molecular formula is C25H16BrN3O3S2. The summed E-state index contributed by atoms with van der Waals surface area (Å²) < 4.78 is 3.44. The molecule has 0 saturated carbocycles. The second-order valence-electron chi connectivity index (χ2n) is 7.65. The number of nitro groups is 1. The van der Waals surface area contributed by atoms with E-state index in [1.54, 1.807) is 17.0 Å². The van der Waals surface area contributed by atoms with Crippen LogP contribution in [0.1, 0.15) is 11.1 Å². The molecule has 0 aliphatic carbocycles. The number of non-ortho nitro benzene ring substituents is 1. The largest absolute Gasteiger partial charge is 0.342 e. The summed E-state index contributed by atoms with van der Waals surface area (Å²) in [4.78, 5) is 25.9. The molecule has 0 bridgehead atoms. The van der Waals surface area contributed by atoms with Gasteiger partial charge >= 0.3 is 0 Å². The molecule has 0 radical (unpaired) electrons. The third kappa shape index (κ3) is 4.29. The quantitative estimate of drug-likeness (QED) is 0.119. The lowest BCUT2D eigenvalue weighted by Gasteiger charge is -2.14. The molecule has 1 aromatic heterocycles. The Morgan fingerprint density at radius 3 is 2.56 bits per heavy atom. The molecule has 34 heavy (non-hydrogen) atoms. The molecule has 1 saturated heterocycles. The standard InChI is InChI=1S/C25H16BrN3O3S2/c26-18-4-3-5-20(13-18)28-24(30)23(34-25(28)33)12-17-15-27(22-7-2-1-6-21(17)22)14-16-8-10-19(11-9-16)29(31)32/h1-13,15H,14H2/b23-12-. The Balaban J connectivity index is 1.49. The molecule has 0 unspecified atom stereocenters. The lowest BCUT2D eigenvalue weighted by molar-refractivity contribution is -0.384. The second kappa shape index (κ2) is 9.17. The van der Waals surface area contributed by atoms with Gasteiger partial charge in [0.2, 0.25) is 0 Å². The van der Waals surface area contributed by atoms with Crippen LogP contribution in [0.4, 0.5) is 11.4 Å². The van der Waals surface area contributed by atoms with Crippen LogP contribution >= 0.6 is 39.9 Å². The minimum absolute atomic E-state index is 0.0641. The van der Waals surface area contributed by atoms with Gasteiger partial charge in [-0.3, -0.25) is 19.8 Å². The van der Waals surface area contributed by atoms with Crippen LogP contribution in [0.2, 0.25) is 0 Å². The first kappa shape index (κ1) is 22.5. The SMILES string of the molecule is O=C1/C(=C/c2cn(Cc3ccc([N+](=O)[O-])cc3)c3ccccc23)SC(=S)N1c1cccc(Br)c1. The number of fused-ring (bicyclic) bond motifs is 1. The highest BCUT2D eigenvalue weighted by atomic mass is 79.9. The molecule has 9 heteroatoms. The zero-order valence-corrected chi connectivity index (χ0v) is 20.8. The maximum absolute atomic E-state index is 13.2. The highest BCUT2D eigenvalue weighted by Gasteiger charge is 2.33. The van der Waals surface area contributed by atoms with E-state index < -0.39 is 4.92 Å². The van der Waals surface area contributed by atoms with E-state index in [4.69, 9.17) is 12.2 Å². The lowest BCUT2D eigenvalue weighted by atomic mass is 10.1. The van der Waals surface area contributed by atoms with E-state index in [0.29, 0.717) is 15.8 Å². The second-order valence-corrected chi connectivity index (χ2v) is 10.2. The molecule has 0 spiro atoms. The van der Waals surface area contributed by atoms with Gasteiger partial charge in [-0.25, -0.2) is 0 Å². The summed E-state index contributed by atoms with van der Waals surface area (Å²) in [5.74, 6) is -0.152. The number of anilines is 1. The lowest BCUT2D eigenvalue weighted by Crippen LogP contribution is -2.27. The summed E-state index contributed by atoms with van der Waals surface area (Å²) in [6.45, 7) is 0.547. The predicted molar refractivity (Wildman–Crippen MR) is 144 cm³/mol. The zero-order chi connectivity index (χ0) is 23.8. The van der Waals surface area contributed by atoms with E-state index in [0.717, 1.165) is 32.2 Å². The molecule has 0 N–H and O–H groups in total. The van der Waals surface area contributed by atoms with Gasteiger partial charge in [-0.05, 0) is 35.9 Å². The number of nitro benzene ring substituents is 1. The van der Waals surface area contributed by atoms with Gasteiger partial charge in [0.25, 0.3) is 11.6 Å². The summed E-state index contributed by atoms with van der Waals surface area (Å²) in [5.41, 5.74) is 3.65. The van der Waals surface area contributed by atoms with Crippen LogP contribution < -0.4 is 4.90 Å². The van der Waals surface area contributed by atoms with Gasteiger partial charge < -0.3 is 4.57 Å². The molecule has 2 heterocycles. The average Bonchev–Trinajstić information content (AvgIpc) is 3.30. The van der Waals surface area contributed by atoms with Crippen molar-refractivity contribution in [1.29, 1.82) is 0 Å². The van der Waals surface area contributed by atoms with Crippen molar-refractivity contribution in [2.75, 3.05) is 4.90 Å². The Labute approximate surface area is 213 Å². The van der Waals surface area contributed by atoms with Crippen LogP contribution in [0, 0.1) is 10.1 Å². The number of para-hydroxylation sites is 1. The average molecular weight is 550 g/mol. The number of nitrogens with zero attached hydrogens (tertiary/aromatic N) is 3. The van der Waals surface area contributed by atoms with Gasteiger partial charge in [-0.1, -0.05) is 76.3 Å². The van der Waals surface area contributed by atoms with Gasteiger partial charge in [-0.15, -0.1) is 0 Å². The molecule has 168 valence electrons. The Morgan fingerprint density at radius 2 is 1.82 bits per heavy atom. The van der Waals surface area contributed by atoms with Gasteiger partial charge in [-0.2, -0.15) is 0 Å². The van der Waals surface area contributed by atoms with Gasteiger partial charge in [0.15, 0.2) is 4.32 Å². The first-order valence-corrected chi connectivity index (χ1v) is 12.3. The Kier molecular flexibility index (Phi) is 6.07. The van der Waals surface area contributed by atoms with Crippen LogP contribution in [0.3, 0.4) is 0 Å². The third-order valence-corrected chi connectivity index (χ3v) is 7.26. The first-order chi connectivity index (χ1) is 16.4. The number of amides is 1. The summed E-state index contributed by atoms with van der Waals surface area (Å²) in [7, 11) is 0. The van der Waals surface area contributed by atoms with Gasteiger partial charge in [0, 0.05) is 45.8 Å². The van der Waals surface area contributed by atoms with Crippen molar-refractivity contribution in [3.05, 3.63) is 110 Å². The normalized spacial score (nSPS) is 15.0. The first-order valence-electron chi connectivity index (χ1n) is 10.3.